The normalized spacial score (nSPS) is 18.0. The van der Waals surface area contributed by atoms with Gasteiger partial charge in [0.1, 0.15) is 0 Å². The minimum absolute atomic E-state index is 0.0622. The first-order chi connectivity index (χ1) is 12.7. The summed E-state index contributed by atoms with van der Waals surface area (Å²) in [6.45, 7) is 2.33. The molecule has 2 aliphatic rings. The quantitative estimate of drug-likeness (QED) is 0.745. The lowest BCUT2D eigenvalue weighted by molar-refractivity contribution is 0.0933. The number of hydrogen-bond acceptors (Lipinski definition) is 3. The Labute approximate surface area is 151 Å². The summed E-state index contributed by atoms with van der Waals surface area (Å²) in [5.41, 5.74) is 5.69. The van der Waals surface area contributed by atoms with Crippen molar-refractivity contribution in [2.75, 3.05) is 6.79 Å². The van der Waals surface area contributed by atoms with Gasteiger partial charge in [0.15, 0.2) is 11.5 Å². The molecule has 1 aliphatic carbocycles. The summed E-state index contributed by atoms with van der Waals surface area (Å²) in [5.74, 6) is 1.27. The van der Waals surface area contributed by atoms with Gasteiger partial charge in [-0.15, -0.1) is 0 Å². The Morgan fingerprint density at radius 1 is 1.15 bits per heavy atom. The molecule has 1 unspecified atom stereocenters. The Morgan fingerprint density at radius 3 is 2.96 bits per heavy atom. The zero-order chi connectivity index (χ0) is 17.7. The highest BCUT2D eigenvalue weighted by molar-refractivity contribution is 5.95. The lowest BCUT2D eigenvalue weighted by Crippen LogP contribution is -2.38. The number of benzene rings is 2. The zero-order valence-electron chi connectivity index (χ0n) is 14.6. The molecule has 0 fully saturated rings. The van der Waals surface area contributed by atoms with Crippen LogP contribution in [-0.2, 0) is 12.8 Å². The van der Waals surface area contributed by atoms with Crippen LogP contribution >= 0.6 is 0 Å². The van der Waals surface area contributed by atoms with E-state index in [0.29, 0.717) is 17.1 Å². The van der Waals surface area contributed by atoms with Crippen LogP contribution in [0.2, 0.25) is 0 Å². The van der Waals surface area contributed by atoms with Crippen molar-refractivity contribution in [3.05, 3.63) is 58.8 Å². The average Bonchev–Trinajstić information content (AvgIpc) is 3.25. The molecule has 5 rings (SSSR count). The van der Waals surface area contributed by atoms with E-state index in [9.17, 15) is 4.79 Å². The maximum absolute atomic E-state index is 12.7. The third-order valence-electron chi connectivity index (χ3n) is 5.31. The Hall–Kier alpha value is -2.95. The van der Waals surface area contributed by atoms with Gasteiger partial charge in [-0.25, -0.2) is 0 Å². The number of aryl methyl sites for hydroxylation is 2. The van der Waals surface area contributed by atoms with Gasteiger partial charge in [-0.2, -0.15) is 0 Å². The fraction of sp³-hybridized carbons (Fsp3) is 0.286. The maximum Gasteiger partial charge on any atom is 0.251 e. The highest BCUT2D eigenvalue weighted by Crippen LogP contribution is 2.33. The van der Waals surface area contributed by atoms with E-state index >= 15 is 0 Å². The van der Waals surface area contributed by atoms with Crippen LogP contribution in [-0.4, -0.2) is 23.7 Å². The molecule has 1 atom stereocenters. The number of carbonyl (C=O) groups excluding carboxylic acids is 1. The summed E-state index contributed by atoms with van der Waals surface area (Å²) in [7, 11) is 0. The van der Waals surface area contributed by atoms with Crippen LogP contribution in [0, 0.1) is 6.92 Å². The molecule has 2 aromatic carbocycles. The third-order valence-corrected chi connectivity index (χ3v) is 5.31. The molecule has 0 radical (unpaired) electrons. The molecule has 0 saturated heterocycles. The van der Waals surface area contributed by atoms with Crippen molar-refractivity contribution in [3.8, 4) is 11.5 Å². The van der Waals surface area contributed by atoms with E-state index in [2.05, 4.69) is 35.4 Å². The Bertz CT molecular complexity index is 1020. The second-order valence-electron chi connectivity index (χ2n) is 7.11. The van der Waals surface area contributed by atoms with Crippen molar-refractivity contribution < 1.29 is 14.3 Å². The molecule has 1 aromatic heterocycles. The van der Waals surface area contributed by atoms with Gasteiger partial charge < -0.3 is 19.8 Å². The number of nitrogens with one attached hydrogen (secondary N) is 2. The third kappa shape index (κ3) is 2.51. The summed E-state index contributed by atoms with van der Waals surface area (Å²) in [4.78, 5) is 16.2. The molecular formula is C21H20N2O3. The molecular weight excluding hydrogens is 328 g/mol. The largest absolute Gasteiger partial charge is 0.454 e. The standard InChI is InChI=1S/C21H20N2O3/c1-12-2-5-17-15(8-12)16-10-14(4-6-18(16)23-17)22-21(24)13-3-7-19-20(9-13)26-11-25-19/h2-3,5,7-9,14,23H,4,6,10-11H2,1H3,(H,22,24). The number of fused-ring (bicyclic) bond motifs is 4. The molecule has 1 amide bonds. The van der Waals surface area contributed by atoms with E-state index in [1.54, 1.807) is 18.2 Å². The number of rotatable bonds is 2. The van der Waals surface area contributed by atoms with Crippen molar-refractivity contribution in [2.45, 2.75) is 32.2 Å². The topological polar surface area (TPSA) is 63.4 Å². The van der Waals surface area contributed by atoms with Crippen molar-refractivity contribution in [1.29, 1.82) is 0 Å². The molecule has 5 heteroatoms. The van der Waals surface area contributed by atoms with E-state index in [4.69, 9.17) is 9.47 Å². The van der Waals surface area contributed by atoms with Gasteiger partial charge in [0.2, 0.25) is 6.79 Å². The summed E-state index contributed by atoms with van der Waals surface area (Å²) in [6, 6.07) is 12.0. The van der Waals surface area contributed by atoms with Gasteiger partial charge in [-0.05, 0) is 62.1 Å². The van der Waals surface area contributed by atoms with Gasteiger partial charge in [0.25, 0.3) is 5.91 Å². The molecule has 0 spiro atoms. The van der Waals surface area contributed by atoms with Crippen molar-refractivity contribution >= 4 is 16.8 Å². The second-order valence-corrected chi connectivity index (χ2v) is 7.11. The summed E-state index contributed by atoms with van der Waals surface area (Å²) >= 11 is 0. The van der Waals surface area contributed by atoms with Crippen LogP contribution in [0.15, 0.2) is 36.4 Å². The smallest absolute Gasteiger partial charge is 0.251 e. The highest BCUT2D eigenvalue weighted by Gasteiger charge is 2.25. The number of aromatic nitrogens is 1. The molecule has 0 saturated carbocycles. The molecule has 1 aliphatic heterocycles. The molecule has 26 heavy (non-hydrogen) atoms. The fourth-order valence-electron chi connectivity index (χ4n) is 3.96. The van der Waals surface area contributed by atoms with Crippen LogP contribution in [0.5, 0.6) is 11.5 Å². The molecule has 132 valence electrons. The Morgan fingerprint density at radius 2 is 2.04 bits per heavy atom. The zero-order valence-corrected chi connectivity index (χ0v) is 14.6. The number of hydrogen-bond donors (Lipinski definition) is 2. The molecule has 3 aromatic rings. The van der Waals surface area contributed by atoms with Gasteiger partial charge in [-0.1, -0.05) is 11.6 Å². The van der Waals surface area contributed by atoms with E-state index < -0.39 is 0 Å². The van der Waals surface area contributed by atoms with Crippen LogP contribution in [0.1, 0.15) is 33.6 Å². The summed E-state index contributed by atoms with van der Waals surface area (Å²) in [5, 5.41) is 4.47. The van der Waals surface area contributed by atoms with E-state index in [1.807, 2.05) is 0 Å². The second kappa shape index (κ2) is 5.80. The van der Waals surface area contributed by atoms with Crippen LogP contribution < -0.4 is 14.8 Å². The number of H-pyrrole nitrogens is 1. The Kier molecular flexibility index (Phi) is 3.42. The van der Waals surface area contributed by atoms with Crippen molar-refractivity contribution in [2.24, 2.45) is 0 Å². The minimum Gasteiger partial charge on any atom is -0.454 e. The summed E-state index contributed by atoms with van der Waals surface area (Å²) in [6.07, 6.45) is 2.75. The SMILES string of the molecule is Cc1ccc2[nH]c3c(c2c1)CC(NC(=O)c1ccc2c(c1)OCO2)CC3. The molecule has 2 heterocycles. The maximum atomic E-state index is 12.7. The lowest BCUT2D eigenvalue weighted by Gasteiger charge is -2.23. The van der Waals surface area contributed by atoms with E-state index in [0.717, 1.165) is 19.3 Å². The first-order valence-electron chi connectivity index (χ1n) is 8.98. The first-order valence-corrected chi connectivity index (χ1v) is 8.98. The molecule has 0 bridgehead atoms. The van der Waals surface area contributed by atoms with Gasteiger partial charge in [0, 0.05) is 28.2 Å². The predicted octanol–water partition coefficient (Wildman–Crippen LogP) is 3.49. The van der Waals surface area contributed by atoms with Gasteiger partial charge >= 0.3 is 0 Å². The van der Waals surface area contributed by atoms with Gasteiger partial charge in [-0.3, -0.25) is 4.79 Å². The van der Waals surface area contributed by atoms with Gasteiger partial charge in [0.05, 0.1) is 0 Å². The number of amides is 1. The molecule has 2 N–H and O–H groups in total. The van der Waals surface area contributed by atoms with E-state index in [-0.39, 0.29) is 18.7 Å². The van der Waals surface area contributed by atoms with Crippen molar-refractivity contribution in [1.82, 2.24) is 10.3 Å². The average molecular weight is 348 g/mol. The van der Waals surface area contributed by atoms with E-state index in [1.165, 1.54) is 27.7 Å². The lowest BCUT2D eigenvalue weighted by atomic mass is 9.91. The monoisotopic (exact) mass is 348 g/mol. The summed E-state index contributed by atoms with van der Waals surface area (Å²) < 4.78 is 10.7. The molecule has 5 nitrogen and oxygen atoms in total. The first kappa shape index (κ1) is 15.3. The predicted molar refractivity (Wildman–Crippen MR) is 98.9 cm³/mol. The minimum atomic E-state index is -0.0622. The Balaban J connectivity index is 1.37. The van der Waals surface area contributed by atoms with Crippen LogP contribution in [0.4, 0.5) is 0 Å². The number of aromatic amines is 1. The van der Waals surface area contributed by atoms with Crippen LogP contribution in [0.3, 0.4) is 0 Å². The fourth-order valence-corrected chi connectivity index (χ4v) is 3.96. The van der Waals surface area contributed by atoms with Crippen LogP contribution in [0.25, 0.3) is 10.9 Å². The van der Waals surface area contributed by atoms with Crippen molar-refractivity contribution in [3.63, 3.8) is 0 Å². The number of carbonyl (C=O) groups is 1. The highest BCUT2D eigenvalue weighted by atomic mass is 16.7. The number of ether oxygens (including phenoxy) is 2.